The van der Waals surface area contributed by atoms with Gasteiger partial charge in [0.05, 0.1) is 0 Å². The molecule has 144 valence electrons. The van der Waals surface area contributed by atoms with Crippen LogP contribution in [0, 0.1) is 56.4 Å². The van der Waals surface area contributed by atoms with Crippen LogP contribution in [0.15, 0.2) is 0 Å². The predicted molar refractivity (Wildman–Crippen MR) is 80.9 cm³/mol. The summed E-state index contributed by atoms with van der Waals surface area (Å²) in [5.41, 5.74) is 0. The van der Waals surface area contributed by atoms with Crippen molar-refractivity contribution in [3.05, 3.63) is 0 Å². The molecule has 6 nitrogen and oxygen atoms in total. The normalized spacial score (nSPS) is 20.6. The quantitative estimate of drug-likeness (QED) is 0.531. The number of carbonyl (C=O) groups is 3. The Balaban J connectivity index is 0.000000339. The van der Waals surface area contributed by atoms with E-state index in [-0.39, 0.29) is 56.4 Å². The van der Waals surface area contributed by atoms with Crippen molar-refractivity contribution in [2.45, 2.75) is 77.0 Å². The zero-order valence-corrected chi connectivity index (χ0v) is 16.6. The van der Waals surface area contributed by atoms with Gasteiger partial charge in [0.15, 0.2) is 0 Å². The molecule has 3 aliphatic rings. The Labute approximate surface area is 180 Å². The van der Waals surface area contributed by atoms with E-state index < -0.39 is 17.9 Å². The van der Waals surface area contributed by atoms with Crippen LogP contribution < -0.4 is 15.3 Å². The molecule has 3 saturated carbocycles. The SMILES string of the molecule is O=C([O-])C1CCCC1.O=C([O-])C1CCCC1.O=C([O-])C1CCCC1.[Tb+3]. The van der Waals surface area contributed by atoms with Gasteiger partial charge in [-0.15, -0.1) is 0 Å². The first kappa shape index (κ1) is 24.7. The van der Waals surface area contributed by atoms with Crippen LogP contribution in [0.1, 0.15) is 77.0 Å². The van der Waals surface area contributed by atoms with Gasteiger partial charge >= 0.3 is 38.6 Å². The molecule has 0 bridgehead atoms. The molecular formula is C18H27O6Tb. The summed E-state index contributed by atoms with van der Waals surface area (Å²) in [6.45, 7) is 0. The fraction of sp³-hybridized carbons (Fsp3) is 0.833. The van der Waals surface area contributed by atoms with Gasteiger partial charge in [-0.1, -0.05) is 38.5 Å². The van der Waals surface area contributed by atoms with Gasteiger partial charge in [0.1, 0.15) is 0 Å². The van der Waals surface area contributed by atoms with E-state index in [1.165, 1.54) is 0 Å². The zero-order valence-electron chi connectivity index (χ0n) is 14.5. The number of hydrogen-bond acceptors (Lipinski definition) is 6. The average Bonchev–Trinajstić information content (AvgIpc) is 3.29. The largest absolute Gasteiger partial charge is 3.00 e. The minimum atomic E-state index is -0.859. The van der Waals surface area contributed by atoms with E-state index in [9.17, 15) is 29.7 Å². The topological polar surface area (TPSA) is 120 Å². The molecule has 0 aromatic carbocycles. The maximum atomic E-state index is 10.1. The van der Waals surface area contributed by atoms with Crippen molar-refractivity contribution in [2.75, 3.05) is 0 Å². The zero-order chi connectivity index (χ0) is 17.9. The van der Waals surface area contributed by atoms with E-state index in [1.54, 1.807) is 0 Å². The average molecular weight is 498 g/mol. The summed E-state index contributed by atoms with van der Waals surface area (Å²) >= 11 is 0. The Morgan fingerprint density at radius 1 is 0.480 bits per heavy atom. The van der Waals surface area contributed by atoms with Crippen LogP contribution in [0.4, 0.5) is 0 Å². The van der Waals surface area contributed by atoms with Crippen LogP contribution in [0.5, 0.6) is 0 Å². The van der Waals surface area contributed by atoms with Gasteiger partial charge in [-0.25, -0.2) is 0 Å². The minimum Gasteiger partial charge on any atom is -0.550 e. The Morgan fingerprint density at radius 3 is 0.720 bits per heavy atom. The van der Waals surface area contributed by atoms with Gasteiger partial charge in [-0.05, 0) is 56.3 Å². The molecule has 0 aliphatic heterocycles. The van der Waals surface area contributed by atoms with Crippen molar-refractivity contribution in [3.8, 4) is 0 Å². The molecular weight excluding hydrogens is 471 g/mol. The number of aliphatic carboxylic acids is 3. The van der Waals surface area contributed by atoms with Crippen molar-refractivity contribution in [1.82, 2.24) is 0 Å². The monoisotopic (exact) mass is 498 g/mol. The van der Waals surface area contributed by atoms with Crippen molar-refractivity contribution in [1.29, 1.82) is 0 Å². The molecule has 0 aromatic rings. The summed E-state index contributed by atoms with van der Waals surface area (Å²) in [7, 11) is 0. The van der Waals surface area contributed by atoms with Gasteiger partial charge in [-0.2, -0.15) is 0 Å². The number of carboxylic acids is 3. The van der Waals surface area contributed by atoms with Crippen molar-refractivity contribution in [2.24, 2.45) is 17.8 Å². The first-order chi connectivity index (χ1) is 11.4. The van der Waals surface area contributed by atoms with Crippen LogP contribution in [-0.2, 0) is 14.4 Å². The first-order valence-electron chi connectivity index (χ1n) is 9.04. The molecule has 0 saturated heterocycles. The Hall–Kier alpha value is -0.304. The second-order valence-electron chi connectivity index (χ2n) is 6.90. The Morgan fingerprint density at radius 2 is 0.640 bits per heavy atom. The molecule has 0 atom stereocenters. The number of rotatable bonds is 3. The van der Waals surface area contributed by atoms with Gasteiger partial charge in [-0.3, -0.25) is 0 Å². The molecule has 25 heavy (non-hydrogen) atoms. The molecule has 0 amide bonds. The standard InChI is InChI=1S/3C6H10O2.Tb/c3*7-6(8)5-3-1-2-4-5;/h3*5H,1-4H2,(H,7,8);/q;;;+3/p-3. The van der Waals surface area contributed by atoms with Gasteiger partial charge in [0.2, 0.25) is 0 Å². The van der Waals surface area contributed by atoms with Gasteiger partial charge in [0.25, 0.3) is 0 Å². The second-order valence-corrected chi connectivity index (χ2v) is 6.90. The Kier molecular flexibility index (Phi) is 13.7. The van der Waals surface area contributed by atoms with E-state index in [2.05, 4.69) is 0 Å². The minimum absolute atomic E-state index is 0. The summed E-state index contributed by atoms with van der Waals surface area (Å²) in [4.78, 5) is 30.3. The number of hydrogen-bond donors (Lipinski definition) is 0. The van der Waals surface area contributed by atoms with Crippen LogP contribution in [0.2, 0.25) is 0 Å². The molecule has 0 spiro atoms. The summed E-state index contributed by atoms with van der Waals surface area (Å²) in [5, 5.41) is 30.3. The van der Waals surface area contributed by atoms with Crippen LogP contribution in [-0.4, -0.2) is 17.9 Å². The third-order valence-corrected chi connectivity index (χ3v) is 5.07. The van der Waals surface area contributed by atoms with Gasteiger partial charge in [0, 0.05) is 17.9 Å². The van der Waals surface area contributed by atoms with Crippen molar-refractivity contribution < 1.29 is 68.3 Å². The molecule has 7 heteroatoms. The van der Waals surface area contributed by atoms with E-state index in [0.717, 1.165) is 77.0 Å². The molecule has 0 aromatic heterocycles. The first-order valence-corrected chi connectivity index (χ1v) is 9.04. The third kappa shape index (κ3) is 10.4. The smallest absolute Gasteiger partial charge is 0.550 e. The Bertz CT molecular complexity index is 346. The summed E-state index contributed by atoms with van der Waals surface area (Å²) in [5.74, 6) is -2.97. The number of carbonyl (C=O) groups excluding carboxylic acids is 3. The van der Waals surface area contributed by atoms with Crippen LogP contribution >= 0.6 is 0 Å². The van der Waals surface area contributed by atoms with E-state index in [1.807, 2.05) is 0 Å². The molecule has 0 N–H and O–H groups in total. The summed E-state index contributed by atoms with van der Waals surface area (Å²) < 4.78 is 0. The fourth-order valence-corrected chi connectivity index (χ4v) is 3.48. The fourth-order valence-electron chi connectivity index (χ4n) is 3.48. The molecule has 3 rings (SSSR count). The van der Waals surface area contributed by atoms with Gasteiger partial charge < -0.3 is 29.7 Å². The maximum absolute atomic E-state index is 10.1. The molecule has 3 fully saturated rings. The molecule has 0 unspecified atom stereocenters. The van der Waals surface area contributed by atoms with Crippen LogP contribution in [0.3, 0.4) is 0 Å². The molecule has 0 radical (unpaired) electrons. The third-order valence-electron chi connectivity index (χ3n) is 5.07. The summed E-state index contributed by atoms with van der Waals surface area (Å²) in [6.07, 6.45) is 11.4. The van der Waals surface area contributed by atoms with Crippen molar-refractivity contribution >= 4 is 17.9 Å². The number of carboxylic acid groups (broad SMARTS) is 3. The maximum Gasteiger partial charge on any atom is 3.00 e. The van der Waals surface area contributed by atoms with Crippen molar-refractivity contribution in [3.63, 3.8) is 0 Å². The van der Waals surface area contributed by atoms with E-state index >= 15 is 0 Å². The molecule has 0 heterocycles. The van der Waals surface area contributed by atoms with E-state index in [4.69, 9.17) is 0 Å². The van der Waals surface area contributed by atoms with E-state index in [0.29, 0.717) is 0 Å². The second kappa shape index (κ2) is 13.8. The molecule has 3 aliphatic carbocycles. The van der Waals surface area contributed by atoms with Crippen LogP contribution in [0.25, 0.3) is 0 Å². The summed E-state index contributed by atoms with van der Waals surface area (Å²) in [6, 6.07) is 0. The predicted octanol–water partition coefficient (Wildman–Crippen LogP) is -0.220.